The zero-order valence-electron chi connectivity index (χ0n) is 12.8. The van der Waals surface area contributed by atoms with Crippen molar-refractivity contribution in [2.45, 2.75) is 45.6 Å². The van der Waals surface area contributed by atoms with Gasteiger partial charge in [-0.3, -0.25) is 14.5 Å². The Morgan fingerprint density at radius 3 is 2.38 bits per heavy atom. The smallest absolute Gasteiger partial charge is 0.251 e. The van der Waals surface area contributed by atoms with Crippen LogP contribution in [0, 0.1) is 13.8 Å². The maximum absolute atomic E-state index is 12.7. The molecular weight excluding hydrogens is 264 g/mol. The Bertz CT molecular complexity index is 576. The van der Waals surface area contributed by atoms with Gasteiger partial charge in [0.05, 0.1) is 18.2 Å². The van der Waals surface area contributed by atoms with Crippen LogP contribution < -0.4 is 4.90 Å². The van der Waals surface area contributed by atoms with Crippen LogP contribution >= 0.6 is 0 Å². The molecule has 0 radical (unpaired) electrons. The summed E-state index contributed by atoms with van der Waals surface area (Å²) >= 11 is 0. The highest BCUT2D eigenvalue weighted by molar-refractivity contribution is 6.22. The third-order valence-corrected chi connectivity index (χ3v) is 4.70. The van der Waals surface area contributed by atoms with Crippen molar-refractivity contribution in [2.24, 2.45) is 0 Å². The second kappa shape index (κ2) is 5.60. The van der Waals surface area contributed by atoms with E-state index in [0.29, 0.717) is 12.1 Å². The molecule has 2 heterocycles. The summed E-state index contributed by atoms with van der Waals surface area (Å²) in [5, 5.41) is 0. The van der Waals surface area contributed by atoms with Crippen LogP contribution in [0.3, 0.4) is 0 Å². The van der Waals surface area contributed by atoms with Crippen LogP contribution in [-0.4, -0.2) is 35.8 Å². The molecule has 1 aromatic carbocycles. The first kappa shape index (κ1) is 14.3. The molecule has 3 rings (SSSR count). The first-order valence-corrected chi connectivity index (χ1v) is 7.76. The summed E-state index contributed by atoms with van der Waals surface area (Å²) in [7, 11) is 0. The largest absolute Gasteiger partial charge is 0.292 e. The Morgan fingerprint density at radius 2 is 1.71 bits per heavy atom. The first-order valence-electron chi connectivity index (χ1n) is 7.76. The molecule has 4 heteroatoms. The van der Waals surface area contributed by atoms with E-state index in [0.717, 1.165) is 31.5 Å². The average molecular weight is 286 g/mol. The molecule has 2 aliphatic rings. The number of nitrogens with zero attached hydrogens (tertiary/aromatic N) is 2. The monoisotopic (exact) mass is 286 g/mol. The van der Waals surface area contributed by atoms with E-state index in [1.165, 1.54) is 16.9 Å². The number of aryl methyl sites for hydroxylation is 2. The van der Waals surface area contributed by atoms with Gasteiger partial charge in [0, 0.05) is 0 Å². The molecule has 4 nitrogen and oxygen atoms in total. The number of rotatable bonds is 2. The fourth-order valence-electron chi connectivity index (χ4n) is 3.27. The van der Waals surface area contributed by atoms with Crippen LogP contribution in [0.2, 0.25) is 0 Å². The van der Waals surface area contributed by atoms with E-state index in [4.69, 9.17) is 0 Å². The highest BCUT2D eigenvalue weighted by Crippen LogP contribution is 2.28. The molecule has 0 N–H and O–H groups in total. The molecule has 112 valence electrons. The maximum Gasteiger partial charge on any atom is 0.251 e. The van der Waals surface area contributed by atoms with Gasteiger partial charge < -0.3 is 0 Å². The summed E-state index contributed by atoms with van der Waals surface area (Å²) in [6.07, 6.45) is 3.81. The van der Waals surface area contributed by atoms with Crippen molar-refractivity contribution in [1.82, 2.24) is 4.90 Å². The van der Waals surface area contributed by atoms with Gasteiger partial charge in [0.25, 0.3) is 5.91 Å². The van der Waals surface area contributed by atoms with Crippen molar-refractivity contribution < 1.29 is 9.59 Å². The first-order chi connectivity index (χ1) is 10.1. The lowest BCUT2D eigenvalue weighted by molar-refractivity contribution is -0.123. The molecule has 2 saturated heterocycles. The Balaban J connectivity index is 1.84. The van der Waals surface area contributed by atoms with Crippen LogP contribution in [0.25, 0.3) is 0 Å². The number of benzene rings is 1. The molecule has 0 bridgehead atoms. The van der Waals surface area contributed by atoms with E-state index in [-0.39, 0.29) is 17.9 Å². The summed E-state index contributed by atoms with van der Waals surface area (Å²) in [5.74, 6) is -0.121. The summed E-state index contributed by atoms with van der Waals surface area (Å²) in [6.45, 7) is 5.91. The normalized spacial score (nSPS) is 23.9. The maximum atomic E-state index is 12.7. The number of imide groups is 1. The van der Waals surface area contributed by atoms with E-state index in [9.17, 15) is 9.59 Å². The van der Waals surface area contributed by atoms with Crippen molar-refractivity contribution in [2.75, 3.05) is 18.0 Å². The molecule has 0 aliphatic carbocycles. The van der Waals surface area contributed by atoms with Gasteiger partial charge in [-0.05, 0) is 63.0 Å². The van der Waals surface area contributed by atoms with E-state index in [2.05, 4.69) is 4.90 Å². The standard InChI is InChI=1S/C17H22N2O2/c1-12-6-7-14(10-13(12)2)19-16(20)11-15(17(19)21)18-8-4-3-5-9-18/h6-7,10,15H,3-5,8-9,11H2,1-2H3/t15-/m0/s1. The predicted molar refractivity (Wildman–Crippen MR) is 82.2 cm³/mol. The lowest BCUT2D eigenvalue weighted by atomic mass is 10.1. The topological polar surface area (TPSA) is 40.6 Å². The lowest BCUT2D eigenvalue weighted by Gasteiger charge is -2.30. The molecule has 2 fully saturated rings. The Kier molecular flexibility index (Phi) is 3.81. The van der Waals surface area contributed by atoms with E-state index in [1.54, 1.807) is 0 Å². The number of hydrogen-bond donors (Lipinski definition) is 0. The Labute approximate surface area is 125 Å². The van der Waals surface area contributed by atoms with Gasteiger partial charge >= 0.3 is 0 Å². The van der Waals surface area contributed by atoms with E-state index in [1.807, 2.05) is 32.0 Å². The van der Waals surface area contributed by atoms with Crippen LogP contribution in [0.1, 0.15) is 36.8 Å². The van der Waals surface area contributed by atoms with E-state index >= 15 is 0 Å². The fourth-order valence-corrected chi connectivity index (χ4v) is 3.27. The lowest BCUT2D eigenvalue weighted by Crippen LogP contribution is -2.44. The molecule has 1 aromatic rings. The molecule has 0 unspecified atom stereocenters. The van der Waals surface area contributed by atoms with Crippen molar-refractivity contribution in [1.29, 1.82) is 0 Å². The number of anilines is 1. The van der Waals surface area contributed by atoms with Gasteiger partial charge in [0.1, 0.15) is 0 Å². The third-order valence-electron chi connectivity index (χ3n) is 4.70. The molecule has 0 aromatic heterocycles. The van der Waals surface area contributed by atoms with Crippen LogP contribution in [-0.2, 0) is 9.59 Å². The molecular formula is C17H22N2O2. The van der Waals surface area contributed by atoms with Gasteiger partial charge in [0.15, 0.2) is 0 Å². The summed E-state index contributed by atoms with van der Waals surface area (Å²) in [6, 6.07) is 5.53. The van der Waals surface area contributed by atoms with Gasteiger partial charge in [-0.25, -0.2) is 4.90 Å². The van der Waals surface area contributed by atoms with Gasteiger partial charge in [0.2, 0.25) is 5.91 Å². The Hall–Kier alpha value is -1.68. The van der Waals surface area contributed by atoms with Crippen LogP contribution in [0.4, 0.5) is 5.69 Å². The summed E-state index contributed by atoms with van der Waals surface area (Å²) in [4.78, 5) is 28.6. The highest BCUT2D eigenvalue weighted by atomic mass is 16.2. The summed E-state index contributed by atoms with van der Waals surface area (Å²) < 4.78 is 0. The highest BCUT2D eigenvalue weighted by Gasteiger charge is 2.42. The number of likely N-dealkylation sites (tertiary alicyclic amines) is 1. The minimum absolute atomic E-state index is 0.0508. The number of carbonyl (C=O) groups is 2. The van der Waals surface area contributed by atoms with Crippen molar-refractivity contribution in [3.05, 3.63) is 29.3 Å². The molecule has 0 spiro atoms. The van der Waals surface area contributed by atoms with Crippen LogP contribution in [0.5, 0.6) is 0 Å². The minimum Gasteiger partial charge on any atom is -0.292 e. The van der Waals surface area contributed by atoms with Crippen molar-refractivity contribution in [3.63, 3.8) is 0 Å². The van der Waals surface area contributed by atoms with E-state index < -0.39 is 0 Å². The molecule has 2 amide bonds. The second-order valence-electron chi connectivity index (χ2n) is 6.15. The zero-order valence-corrected chi connectivity index (χ0v) is 12.8. The average Bonchev–Trinajstić information content (AvgIpc) is 2.78. The number of carbonyl (C=O) groups excluding carboxylic acids is 2. The fraction of sp³-hybridized carbons (Fsp3) is 0.529. The summed E-state index contributed by atoms with van der Waals surface area (Å²) in [5.41, 5.74) is 2.99. The van der Waals surface area contributed by atoms with Crippen molar-refractivity contribution >= 4 is 17.5 Å². The number of piperidine rings is 1. The quantitative estimate of drug-likeness (QED) is 0.784. The number of amides is 2. The molecule has 0 saturated carbocycles. The van der Waals surface area contributed by atoms with Gasteiger partial charge in [-0.1, -0.05) is 12.5 Å². The van der Waals surface area contributed by atoms with Gasteiger partial charge in [-0.15, -0.1) is 0 Å². The predicted octanol–water partition coefficient (Wildman–Crippen LogP) is 2.42. The molecule has 21 heavy (non-hydrogen) atoms. The molecule has 2 aliphatic heterocycles. The molecule has 1 atom stereocenters. The minimum atomic E-state index is -0.251. The Morgan fingerprint density at radius 1 is 1.00 bits per heavy atom. The third kappa shape index (κ3) is 2.60. The second-order valence-corrected chi connectivity index (χ2v) is 6.15. The number of hydrogen-bond acceptors (Lipinski definition) is 3. The van der Waals surface area contributed by atoms with Crippen molar-refractivity contribution in [3.8, 4) is 0 Å². The van der Waals surface area contributed by atoms with Crippen LogP contribution in [0.15, 0.2) is 18.2 Å². The SMILES string of the molecule is Cc1ccc(N2C(=O)C[C@H](N3CCCCC3)C2=O)cc1C. The van der Waals surface area contributed by atoms with Gasteiger partial charge in [-0.2, -0.15) is 0 Å². The zero-order chi connectivity index (χ0) is 15.0.